The van der Waals surface area contributed by atoms with Gasteiger partial charge in [-0.1, -0.05) is 30.3 Å². The summed E-state index contributed by atoms with van der Waals surface area (Å²) in [7, 11) is 0. The molecule has 3 saturated heterocycles. The minimum atomic E-state index is -0.961. The van der Waals surface area contributed by atoms with Crippen molar-refractivity contribution in [2.24, 2.45) is 0 Å². The van der Waals surface area contributed by atoms with Gasteiger partial charge in [0.1, 0.15) is 5.75 Å². The molecule has 4 amide bonds. The SMILES string of the molecule is Cc1cc(C[C@@H](OC(=O)N2CCC(N3CCc4ccccc4NC3=O)CC2)C(=O)N2CCC(N3CCCNCC3)CC2)cc(C)c1O. The Balaban J connectivity index is 1.08. The maximum atomic E-state index is 14.0. The van der Waals surface area contributed by atoms with E-state index in [4.69, 9.17) is 4.74 Å². The minimum absolute atomic E-state index is 0.0232. The molecule has 0 unspecified atom stereocenters. The zero-order valence-corrected chi connectivity index (χ0v) is 27.9. The maximum Gasteiger partial charge on any atom is 0.410 e. The number of likely N-dealkylation sites (tertiary alicyclic amines) is 2. The van der Waals surface area contributed by atoms with Gasteiger partial charge in [-0.25, -0.2) is 9.59 Å². The molecule has 1 atom stereocenters. The fourth-order valence-corrected chi connectivity index (χ4v) is 7.74. The van der Waals surface area contributed by atoms with Crippen molar-refractivity contribution in [3.8, 4) is 5.75 Å². The smallest absolute Gasteiger partial charge is 0.410 e. The predicted molar refractivity (Wildman–Crippen MR) is 181 cm³/mol. The van der Waals surface area contributed by atoms with E-state index in [-0.39, 0.29) is 30.2 Å². The second-order valence-electron chi connectivity index (χ2n) is 13.6. The number of nitrogens with zero attached hydrogens (tertiary/aromatic N) is 4. The van der Waals surface area contributed by atoms with Crippen molar-refractivity contribution in [2.75, 3.05) is 64.2 Å². The van der Waals surface area contributed by atoms with Crippen molar-refractivity contribution in [1.82, 2.24) is 24.9 Å². The third kappa shape index (κ3) is 7.84. The molecule has 3 fully saturated rings. The van der Waals surface area contributed by atoms with E-state index >= 15 is 0 Å². The number of fused-ring (bicyclic) bond motifs is 1. The molecule has 0 bridgehead atoms. The molecule has 4 heterocycles. The second kappa shape index (κ2) is 14.9. The molecule has 47 heavy (non-hydrogen) atoms. The quantitative estimate of drug-likeness (QED) is 0.436. The molecule has 11 nitrogen and oxygen atoms in total. The maximum absolute atomic E-state index is 14.0. The number of piperidine rings is 2. The van der Waals surface area contributed by atoms with Gasteiger partial charge in [-0.2, -0.15) is 0 Å². The standard InChI is InChI=1S/C36H50N6O5/c1-25-22-27(23-26(2)33(25)43)24-32(34(44)40-16-9-29(10-17-40)39-15-5-13-37-14-21-39)47-36(46)41-18-11-30(12-19-41)42-20-8-28-6-3-4-7-31(28)38-35(42)45/h3-4,6-7,22-23,29-30,32,37,43H,5,8-21,24H2,1-2H3,(H,38,45)/t32-/m1/s1. The highest BCUT2D eigenvalue weighted by molar-refractivity contribution is 5.91. The van der Waals surface area contributed by atoms with Crippen molar-refractivity contribution in [3.05, 3.63) is 58.7 Å². The van der Waals surface area contributed by atoms with Crippen LogP contribution in [0.1, 0.15) is 54.4 Å². The minimum Gasteiger partial charge on any atom is -0.507 e. The summed E-state index contributed by atoms with van der Waals surface area (Å²) in [6.07, 6.45) is 3.82. The molecule has 0 aliphatic carbocycles. The predicted octanol–water partition coefficient (Wildman–Crippen LogP) is 3.90. The number of phenolic OH excluding ortho intramolecular Hbond substituents is 1. The lowest BCUT2D eigenvalue weighted by Gasteiger charge is -2.40. The van der Waals surface area contributed by atoms with E-state index in [1.165, 1.54) is 0 Å². The summed E-state index contributed by atoms with van der Waals surface area (Å²) in [6.45, 7) is 10.7. The number of aromatic hydroxyl groups is 1. The fourth-order valence-electron chi connectivity index (χ4n) is 7.74. The monoisotopic (exact) mass is 646 g/mol. The van der Waals surface area contributed by atoms with Crippen LogP contribution >= 0.6 is 0 Å². The summed E-state index contributed by atoms with van der Waals surface area (Å²) in [5.74, 6) is 0.0812. The molecule has 3 N–H and O–H groups in total. The normalized spacial score (nSPS) is 21.0. The van der Waals surface area contributed by atoms with Gasteiger partial charge in [-0.05, 0) is 93.8 Å². The summed E-state index contributed by atoms with van der Waals surface area (Å²) in [5, 5.41) is 16.9. The Morgan fingerprint density at radius 2 is 1.57 bits per heavy atom. The van der Waals surface area contributed by atoms with Crippen molar-refractivity contribution in [3.63, 3.8) is 0 Å². The average Bonchev–Trinajstić information content (AvgIpc) is 3.46. The van der Waals surface area contributed by atoms with Crippen LogP contribution in [0.3, 0.4) is 0 Å². The third-order valence-corrected chi connectivity index (χ3v) is 10.5. The highest BCUT2D eigenvalue weighted by Crippen LogP contribution is 2.27. The molecule has 11 heteroatoms. The molecule has 0 radical (unpaired) electrons. The Bertz CT molecular complexity index is 1400. The third-order valence-electron chi connectivity index (χ3n) is 10.5. The Kier molecular flexibility index (Phi) is 10.5. The van der Waals surface area contributed by atoms with Gasteiger partial charge in [0.15, 0.2) is 6.10 Å². The van der Waals surface area contributed by atoms with Crippen molar-refractivity contribution >= 4 is 23.7 Å². The lowest BCUT2D eigenvalue weighted by atomic mass is 9.99. The van der Waals surface area contributed by atoms with Gasteiger partial charge in [0, 0.05) is 70.0 Å². The number of amides is 4. The van der Waals surface area contributed by atoms with Crippen LogP contribution in [0.4, 0.5) is 15.3 Å². The Morgan fingerprint density at radius 1 is 0.894 bits per heavy atom. The highest BCUT2D eigenvalue weighted by Gasteiger charge is 2.36. The van der Waals surface area contributed by atoms with E-state index < -0.39 is 12.2 Å². The first-order chi connectivity index (χ1) is 22.8. The molecule has 4 aliphatic rings. The molecule has 2 aromatic rings. The summed E-state index contributed by atoms with van der Waals surface area (Å²) in [4.78, 5) is 48.7. The largest absolute Gasteiger partial charge is 0.507 e. The van der Waals surface area contributed by atoms with Crippen molar-refractivity contribution in [1.29, 1.82) is 0 Å². The molecule has 4 aliphatic heterocycles. The Morgan fingerprint density at radius 3 is 2.32 bits per heavy atom. The zero-order chi connectivity index (χ0) is 32.9. The van der Waals surface area contributed by atoms with Crippen molar-refractivity contribution in [2.45, 2.75) is 77.0 Å². The molecule has 254 valence electrons. The van der Waals surface area contributed by atoms with Gasteiger partial charge >= 0.3 is 12.1 Å². The molecule has 0 saturated carbocycles. The number of aryl methyl sites for hydroxylation is 2. The van der Waals surface area contributed by atoms with Crippen LogP contribution in [-0.2, 0) is 22.4 Å². The number of carbonyl (C=O) groups is 3. The van der Waals surface area contributed by atoms with Gasteiger partial charge in [0.05, 0.1) is 0 Å². The van der Waals surface area contributed by atoms with Crippen LogP contribution in [0.2, 0.25) is 0 Å². The molecule has 2 aromatic carbocycles. The van der Waals surface area contributed by atoms with E-state index in [9.17, 15) is 19.5 Å². The first-order valence-corrected chi connectivity index (χ1v) is 17.4. The number of anilines is 1. The number of rotatable bonds is 6. The summed E-state index contributed by atoms with van der Waals surface area (Å²) >= 11 is 0. The van der Waals surface area contributed by atoms with E-state index in [0.29, 0.717) is 51.6 Å². The number of hydrogen-bond donors (Lipinski definition) is 3. The van der Waals surface area contributed by atoms with Gasteiger partial charge in [-0.3, -0.25) is 9.69 Å². The van der Waals surface area contributed by atoms with E-state index in [2.05, 4.69) is 15.5 Å². The van der Waals surface area contributed by atoms with Crippen LogP contribution in [0.5, 0.6) is 5.75 Å². The van der Waals surface area contributed by atoms with Gasteiger partial charge < -0.3 is 35.2 Å². The first-order valence-electron chi connectivity index (χ1n) is 17.4. The lowest BCUT2D eigenvalue weighted by Crippen LogP contribution is -2.52. The van der Waals surface area contributed by atoms with E-state index in [0.717, 1.165) is 79.8 Å². The number of urea groups is 1. The van der Waals surface area contributed by atoms with Crippen LogP contribution in [-0.4, -0.2) is 120 Å². The van der Waals surface area contributed by atoms with Gasteiger partial charge in [-0.15, -0.1) is 0 Å². The number of phenols is 1. The number of benzene rings is 2. The molecule has 6 rings (SSSR count). The number of ether oxygens (including phenoxy) is 1. The highest BCUT2D eigenvalue weighted by atomic mass is 16.6. The first kappa shape index (κ1) is 33.1. The Labute approximate surface area is 278 Å². The molecular formula is C36H50N6O5. The number of hydrogen-bond acceptors (Lipinski definition) is 7. The average molecular weight is 647 g/mol. The van der Waals surface area contributed by atoms with Gasteiger partial charge in [0.2, 0.25) is 0 Å². The van der Waals surface area contributed by atoms with Crippen LogP contribution < -0.4 is 10.6 Å². The zero-order valence-electron chi connectivity index (χ0n) is 27.9. The summed E-state index contributed by atoms with van der Waals surface area (Å²) in [6, 6.07) is 12.0. The number of nitrogens with one attached hydrogen (secondary N) is 2. The molecular weight excluding hydrogens is 596 g/mol. The van der Waals surface area contributed by atoms with E-state index in [1.54, 1.807) is 4.90 Å². The van der Waals surface area contributed by atoms with Crippen LogP contribution in [0, 0.1) is 13.8 Å². The van der Waals surface area contributed by atoms with Crippen LogP contribution in [0.15, 0.2) is 36.4 Å². The Hall–Kier alpha value is -3.83. The number of para-hydroxylation sites is 1. The molecule has 0 aromatic heterocycles. The molecule has 0 spiro atoms. The van der Waals surface area contributed by atoms with Gasteiger partial charge in [0.25, 0.3) is 5.91 Å². The topological polar surface area (TPSA) is 118 Å². The van der Waals surface area contributed by atoms with E-state index in [1.807, 2.05) is 60.0 Å². The second-order valence-corrected chi connectivity index (χ2v) is 13.6. The number of carbonyl (C=O) groups excluding carboxylic acids is 3. The lowest BCUT2D eigenvalue weighted by molar-refractivity contribution is -0.142. The summed E-state index contributed by atoms with van der Waals surface area (Å²) < 4.78 is 6.06. The fraction of sp³-hybridized carbons (Fsp3) is 0.583. The summed E-state index contributed by atoms with van der Waals surface area (Å²) in [5.41, 5.74) is 4.30. The van der Waals surface area contributed by atoms with Crippen molar-refractivity contribution < 1.29 is 24.2 Å². The van der Waals surface area contributed by atoms with Crippen LogP contribution in [0.25, 0.3) is 0 Å².